The molecule has 2 aliphatic heterocycles. The van der Waals surface area contributed by atoms with Crippen LogP contribution in [-0.4, -0.2) is 117 Å². The molecule has 2 saturated heterocycles. The Bertz CT molecular complexity index is 571. The summed E-state index contributed by atoms with van der Waals surface area (Å²) >= 11 is 0. The van der Waals surface area contributed by atoms with E-state index in [4.69, 9.17) is 18.9 Å². The Balaban J connectivity index is 1.45. The van der Waals surface area contributed by atoms with Crippen molar-refractivity contribution in [3.8, 4) is 0 Å². The predicted molar refractivity (Wildman–Crippen MR) is 117 cm³/mol. The largest absolute Gasteiger partial charge is 0.394 e. The Morgan fingerprint density at radius 1 is 0.647 bits per heavy atom. The van der Waals surface area contributed by atoms with Crippen LogP contribution in [0.4, 0.5) is 0 Å². The second kappa shape index (κ2) is 13.8. The molecule has 11 nitrogen and oxygen atoms in total. The molecule has 0 aromatic rings. The van der Waals surface area contributed by atoms with Crippen molar-refractivity contribution in [2.24, 2.45) is 5.92 Å². The number of hydrogen-bond acceptors (Lipinski definition) is 11. The normalized spacial score (nSPS) is 42.1. The first-order valence-electron chi connectivity index (χ1n) is 12.6. The molecular weight excluding hydrogens is 452 g/mol. The minimum Gasteiger partial charge on any atom is -0.394 e. The van der Waals surface area contributed by atoms with Crippen LogP contribution < -0.4 is 0 Å². The number of hydrogen-bond donors (Lipinski definition) is 7. The van der Waals surface area contributed by atoms with E-state index in [0.717, 1.165) is 25.2 Å². The number of aliphatic hydroxyl groups excluding tert-OH is 7. The fourth-order valence-corrected chi connectivity index (χ4v) is 5.08. The van der Waals surface area contributed by atoms with Crippen LogP contribution in [0.15, 0.2) is 0 Å². The smallest absolute Gasteiger partial charge is 0.187 e. The van der Waals surface area contributed by atoms with Gasteiger partial charge in [0, 0.05) is 6.61 Å². The fourth-order valence-electron chi connectivity index (χ4n) is 5.08. The standard InChI is InChI=1S/C23H42O11/c24-11-14-16(26)17(27)19(29)23(32-14)34-21-15(12-25)33-22(20(30)18(21)28)31-10-6-2-5-9-13-7-3-1-4-8-13/h13-30H,1-12H2/t14?,15?,16-,17-,18?,19?,20+,21-,22-,23-/m1/s1. The number of unbranched alkanes of at least 4 members (excludes halogenated alkanes) is 2. The minimum atomic E-state index is -1.69. The van der Waals surface area contributed by atoms with E-state index in [1.165, 1.54) is 38.5 Å². The van der Waals surface area contributed by atoms with Crippen LogP contribution >= 0.6 is 0 Å². The molecule has 0 radical (unpaired) electrons. The van der Waals surface area contributed by atoms with Gasteiger partial charge >= 0.3 is 0 Å². The average molecular weight is 495 g/mol. The van der Waals surface area contributed by atoms with Gasteiger partial charge in [0.25, 0.3) is 0 Å². The summed E-state index contributed by atoms with van der Waals surface area (Å²) in [5.41, 5.74) is 0. The lowest BCUT2D eigenvalue weighted by Crippen LogP contribution is -2.64. The molecule has 0 spiro atoms. The number of aliphatic hydroxyl groups is 7. The Hall–Kier alpha value is -0.440. The van der Waals surface area contributed by atoms with E-state index in [-0.39, 0.29) is 0 Å². The molecule has 2 heterocycles. The summed E-state index contributed by atoms with van der Waals surface area (Å²) in [6.45, 7) is -0.889. The van der Waals surface area contributed by atoms with Crippen molar-refractivity contribution in [1.82, 2.24) is 0 Å². The molecule has 3 rings (SSSR count). The molecule has 10 atom stereocenters. The molecule has 34 heavy (non-hydrogen) atoms. The average Bonchev–Trinajstić information content (AvgIpc) is 2.85. The van der Waals surface area contributed by atoms with Gasteiger partial charge in [0.15, 0.2) is 12.6 Å². The van der Waals surface area contributed by atoms with Crippen LogP contribution in [0.5, 0.6) is 0 Å². The third-order valence-corrected chi connectivity index (χ3v) is 7.22. The molecule has 0 bridgehead atoms. The highest BCUT2D eigenvalue weighted by Crippen LogP contribution is 2.30. The monoisotopic (exact) mass is 494 g/mol. The molecule has 0 aromatic heterocycles. The zero-order valence-electron chi connectivity index (χ0n) is 19.6. The van der Waals surface area contributed by atoms with Gasteiger partial charge in [-0.15, -0.1) is 0 Å². The van der Waals surface area contributed by atoms with Crippen molar-refractivity contribution in [2.75, 3.05) is 19.8 Å². The lowest BCUT2D eigenvalue weighted by molar-refractivity contribution is -0.359. The number of ether oxygens (including phenoxy) is 4. The van der Waals surface area contributed by atoms with Gasteiger partial charge < -0.3 is 54.7 Å². The van der Waals surface area contributed by atoms with Gasteiger partial charge in [0.05, 0.1) is 13.2 Å². The zero-order chi connectivity index (χ0) is 24.7. The molecule has 0 amide bonds. The molecule has 11 heteroatoms. The minimum absolute atomic E-state index is 0.329. The fraction of sp³-hybridized carbons (Fsp3) is 1.00. The summed E-state index contributed by atoms with van der Waals surface area (Å²) in [5, 5.41) is 70.2. The lowest BCUT2D eigenvalue weighted by atomic mass is 9.86. The molecule has 200 valence electrons. The maximum absolute atomic E-state index is 10.6. The van der Waals surface area contributed by atoms with Gasteiger partial charge in [0.2, 0.25) is 0 Å². The second-order valence-electron chi connectivity index (χ2n) is 9.73. The Morgan fingerprint density at radius 3 is 1.97 bits per heavy atom. The van der Waals surface area contributed by atoms with Crippen molar-refractivity contribution in [3.63, 3.8) is 0 Å². The van der Waals surface area contributed by atoms with E-state index >= 15 is 0 Å². The molecule has 3 aliphatic rings. The highest BCUT2D eigenvalue weighted by molar-refractivity contribution is 4.94. The third kappa shape index (κ3) is 7.07. The highest BCUT2D eigenvalue weighted by Gasteiger charge is 2.50. The lowest BCUT2D eigenvalue weighted by Gasteiger charge is -2.45. The Labute approximate surface area is 200 Å². The van der Waals surface area contributed by atoms with E-state index in [9.17, 15) is 35.7 Å². The summed E-state index contributed by atoms with van der Waals surface area (Å²) in [7, 11) is 0. The van der Waals surface area contributed by atoms with Crippen LogP contribution in [0.25, 0.3) is 0 Å². The van der Waals surface area contributed by atoms with Gasteiger partial charge in [-0.3, -0.25) is 0 Å². The van der Waals surface area contributed by atoms with Gasteiger partial charge in [0.1, 0.15) is 48.8 Å². The van der Waals surface area contributed by atoms with Gasteiger partial charge in [-0.25, -0.2) is 0 Å². The Kier molecular flexibility index (Phi) is 11.4. The van der Waals surface area contributed by atoms with Crippen molar-refractivity contribution < 1.29 is 54.7 Å². The SMILES string of the molecule is OCC1O[C@@H](OCCCCCC2CCCCC2)[C@@H](O)C(O)[C@@H]1O[C@H]1OC(CO)[C@@H](O)[C@@H](O)C1O. The maximum Gasteiger partial charge on any atom is 0.187 e. The summed E-state index contributed by atoms with van der Waals surface area (Å²) in [6, 6.07) is 0. The summed E-state index contributed by atoms with van der Waals surface area (Å²) in [5.74, 6) is 0.833. The predicted octanol–water partition coefficient (Wildman–Crippen LogP) is -1.23. The van der Waals surface area contributed by atoms with E-state index in [1.807, 2.05) is 0 Å². The Morgan fingerprint density at radius 2 is 1.29 bits per heavy atom. The highest BCUT2D eigenvalue weighted by atomic mass is 16.7. The summed E-state index contributed by atoms with van der Waals surface area (Å²) < 4.78 is 22.1. The van der Waals surface area contributed by atoms with Crippen LogP contribution in [0.1, 0.15) is 57.8 Å². The summed E-state index contributed by atoms with van der Waals surface area (Å²) in [6.07, 6.45) is -3.49. The molecule has 1 aliphatic carbocycles. The van der Waals surface area contributed by atoms with Crippen LogP contribution in [0.3, 0.4) is 0 Å². The zero-order valence-corrected chi connectivity index (χ0v) is 19.6. The third-order valence-electron chi connectivity index (χ3n) is 7.22. The molecule has 0 aromatic carbocycles. The van der Waals surface area contributed by atoms with Crippen molar-refractivity contribution in [3.05, 3.63) is 0 Å². The van der Waals surface area contributed by atoms with Crippen molar-refractivity contribution >= 4 is 0 Å². The molecule has 1 saturated carbocycles. The second-order valence-corrected chi connectivity index (χ2v) is 9.73. The van der Waals surface area contributed by atoms with Crippen molar-refractivity contribution in [2.45, 2.75) is 119 Å². The first-order chi connectivity index (χ1) is 16.4. The maximum atomic E-state index is 10.6. The molecular formula is C23H42O11. The van der Waals surface area contributed by atoms with Gasteiger partial charge in [-0.05, 0) is 12.3 Å². The van der Waals surface area contributed by atoms with E-state index in [0.29, 0.717) is 6.61 Å². The van der Waals surface area contributed by atoms with Crippen LogP contribution in [0, 0.1) is 5.92 Å². The molecule has 4 unspecified atom stereocenters. The molecule has 3 fully saturated rings. The first kappa shape index (κ1) is 28.1. The van der Waals surface area contributed by atoms with Crippen LogP contribution in [0.2, 0.25) is 0 Å². The van der Waals surface area contributed by atoms with E-state index in [1.54, 1.807) is 0 Å². The number of rotatable bonds is 11. The van der Waals surface area contributed by atoms with E-state index < -0.39 is 74.6 Å². The van der Waals surface area contributed by atoms with Gasteiger partial charge in [-0.1, -0.05) is 51.4 Å². The quantitative estimate of drug-likeness (QED) is 0.171. The molecule has 7 N–H and O–H groups in total. The first-order valence-corrected chi connectivity index (χ1v) is 12.6. The summed E-state index contributed by atoms with van der Waals surface area (Å²) in [4.78, 5) is 0. The van der Waals surface area contributed by atoms with Crippen molar-refractivity contribution in [1.29, 1.82) is 0 Å². The van der Waals surface area contributed by atoms with Crippen LogP contribution in [-0.2, 0) is 18.9 Å². The topological polar surface area (TPSA) is 179 Å². The van der Waals surface area contributed by atoms with E-state index in [2.05, 4.69) is 0 Å². The van der Waals surface area contributed by atoms with Gasteiger partial charge in [-0.2, -0.15) is 0 Å².